The van der Waals surface area contributed by atoms with Crippen molar-refractivity contribution in [1.82, 2.24) is 4.98 Å². The molecule has 6 nitrogen and oxygen atoms in total. The van der Waals surface area contributed by atoms with Crippen LogP contribution in [-0.4, -0.2) is 27.6 Å². The molecule has 0 spiro atoms. The number of rotatable bonds is 4. The molecule has 1 atom stereocenters. The number of nitrogens with one attached hydrogen (secondary N) is 1. The van der Waals surface area contributed by atoms with Crippen LogP contribution < -0.4 is 5.32 Å². The summed E-state index contributed by atoms with van der Waals surface area (Å²) in [6.45, 7) is 10.5. The second kappa shape index (κ2) is 7.49. The Morgan fingerprint density at radius 3 is 2.38 bits per heavy atom. The molecule has 0 aliphatic heterocycles. The van der Waals surface area contributed by atoms with E-state index < -0.39 is 23.1 Å². The molecule has 7 heteroatoms. The van der Waals surface area contributed by atoms with Crippen molar-refractivity contribution in [3.05, 3.63) is 22.8 Å². The summed E-state index contributed by atoms with van der Waals surface area (Å²) in [5.74, 6) is -0.704. The molecule has 1 amide bonds. The quantitative estimate of drug-likeness (QED) is 0.806. The van der Waals surface area contributed by atoms with Crippen molar-refractivity contribution < 1.29 is 19.4 Å². The van der Waals surface area contributed by atoms with Crippen LogP contribution in [0.2, 0.25) is 5.02 Å². The summed E-state index contributed by atoms with van der Waals surface area (Å²) >= 11 is 6.14. The van der Waals surface area contributed by atoms with Crippen LogP contribution >= 0.6 is 11.6 Å². The first kappa shape index (κ1) is 20.4. The Morgan fingerprint density at radius 1 is 1.29 bits per heavy atom. The van der Waals surface area contributed by atoms with Crippen LogP contribution in [-0.2, 0) is 14.3 Å². The topological polar surface area (TPSA) is 88.5 Å². The highest BCUT2D eigenvalue weighted by atomic mass is 35.5. The monoisotopic (exact) mass is 356 g/mol. The van der Waals surface area contributed by atoms with Gasteiger partial charge in [-0.15, -0.1) is 0 Å². The van der Waals surface area contributed by atoms with Gasteiger partial charge in [-0.1, -0.05) is 32.4 Å². The predicted octanol–water partition coefficient (Wildman–Crippen LogP) is 3.48. The molecule has 0 saturated carbocycles. The molecule has 0 aromatic carbocycles. The molecule has 0 unspecified atom stereocenters. The Morgan fingerprint density at radius 2 is 1.88 bits per heavy atom. The number of esters is 1. The summed E-state index contributed by atoms with van der Waals surface area (Å²) in [7, 11) is 0. The number of pyridine rings is 1. The zero-order chi connectivity index (χ0) is 18.7. The maximum absolute atomic E-state index is 12.2. The van der Waals surface area contributed by atoms with E-state index in [4.69, 9.17) is 16.3 Å². The van der Waals surface area contributed by atoms with Gasteiger partial charge in [0.25, 0.3) is 0 Å². The van der Waals surface area contributed by atoms with E-state index in [1.165, 1.54) is 12.3 Å². The number of aliphatic hydroxyl groups excluding tert-OH is 1. The highest BCUT2D eigenvalue weighted by Gasteiger charge is 2.27. The Labute approximate surface area is 147 Å². The number of aliphatic hydroxyl groups is 1. The molecule has 24 heavy (non-hydrogen) atoms. The SMILES string of the molecule is CC(C)(C)OC(=O)C[C@H](O)c1c(Cl)ccnc1NC(=O)C(C)(C)C. The molecule has 1 aromatic heterocycles. The lowest BCUT2D eigenvalue weighted by molar-refractivity contribution is -0.157. The zero-order valence-electron chi connectivity index (χ0n) is 14.9. The van der Waals surface area contributed by atoms with Gasteiger partial charge in [-0.3, -0.25) is 9.59 Å². The Balaban J connectivity index is 3.02. The van der Waals surface area contributed by atoms with Crippen molar-refractivity contribution in [1.29, 1.82) is 0 Å². The Kier molecular flexibility index (Phi) is 6.36. The maximum Gasteiger partial charge on any atom is 0.309 e. The van der Waals surface area contributed by atoms with Crippen molar-refractivity contribution in [2.45, 2.75) is 59.7 Å². The van der Waals surface area contributed by atoms with Crippen molar-refractivity contribution in [2.24, 2.45) is 5.41 Å². The fraction of sp³-hybridized carbons (Fsp3) is 0.588. The van der Waals surface area contributed by atoms with Crippen LogP contribution in [0.15, 0.2) is 12.3 Å². The summed E-state index contributed by atoms with van der Waals surface area (Å²) < 4.78 is 5.20. The van der Waals surface area contributed by atoms with Gasteiger partial charge in [-0.05, 0) is 26.8 Å². The molecular formula is C17H25ClN2O4. The molecule has 0 saturated heterocycles. The Bertz CT molecular complexity index is 618. The van der Waals surface area contributed by atoms with E-state index in [0.717, 1.165) is 0 Å². The lowest BCUT2D eigenvalue weighted by atomic mass is 9.95. The lowest BCUT2D eigenvalue weighted by Crippen LogP contribution is -2.29. The summed E-state index contributed by atoms with van der Waals surface area (Å²) in [6.07, 6.45) is -0.109. The number of carbonyl (C=O) groups is 2. The van der Waals surface area contributed by atoms with Gasteiger partial charge in [0.2, 0.25) is 5.91 Å². The third kappa shape index (κ3) is 6.09. The third-order valence-electron chi connectivity index (χ3n) is 2.96. The van der Waals surface area contributed by atoms with E-state index in [9.17, 15) is 14.7 Å². The minimum absolute atomic E-state index is 0.137. The lowest BCUT2D eigenvalue weighted by Gasteiger charge is -2.23. The normalized spacial score (nSPS) is 13.3. The number of halogens is 1. The summed E-state index contributed by atoms with van der Waals surface area (Å²) in [5, 5.41) is 13.2. The van der Waals surface area contributed by atoms with E-state index in [2.05, 4.69) is 10.3 Å². The number of hydrogen-bond donors (Lipinski definition) is 2. The molecule has 0 bridgehead atoms. The van der Waals surface area contributed by atoms with Crippen LogP contribution in [0.25, 0.3) is 0 Å². The number of ether oxygens (including phenoxy) is 1. The van der Waals surface area contributed by atoms with E-state index >= 15 is 0 Å². The number of anilines is 1. The minimum atomic E-state index is -1.24. The molecule has 0 aliphatic rings. The minimum Gasteiger partial charge on any atom is -0.460 e. The van der Waals surface area contributed by atoms with Gasteiger partial charge in [0, 0.05) is 17.2 Å². The molecule has 2 N–H and O–H groups in total. The highest BCUT2D eigenvalue weighted by molar-refractivity contribution is 6.31. The summed E-state index contributed by atoms with van der Waals surface area (Å²) in [4.78, 5) is 28.1. The van der Waals surface area contributed by atoms with Gasteiger partial charge in [0.05, 0.1) is 17.5 Å². The van der Waals surface area contributed by atoms with E-state index in [0.29, 0.717) is 0 Å². The van der Waals surface area contributed by atoms with Crippen molar-refractivity contribution in [2.75, 3.05) is 5.32 Å². The van der Waals surface area contributed by atoms with Gasteiger partial charge in [0.15, 0.2) is 0 Å². The molecule has 134 valence electrons. The molecule has 1 heterocycles. The molecule has 1 aromatic rings. The molecule has 0 aliphatic carbocycles. The van der Waals surface area contributed by atoms with Crippen molar-refractivity contribution in [3.8, 4) is 0 Å². The molecule has 1 rings (SSSR count). The average Bonchev–Trinajstić information content (AvgIpc) is 2.34. The van der Waals surface area contributed by atoms with Crippen LogP contribution in [0.1, 0.15) is 59.6 Å². The molecule has 0 radical (unpaired) electrons. The van der Waals surface area contributed by atoms with Gasteiger partial charge in [-0.2, -0.15) is 0 Å². The van der Waals surface area contributed by atoms with Crippen LogP contribution in [0.3, 0.4) is 0 Å². The number of amides is 1. The molecule has 0 fully saturated rings. The number of carbonyl (C=O) groups excluding carboxylic acids is 2. The molecular weight excluding hydrogens is 332 g/mol. The second-order valence-corrected chi connectivity index (χ2v) is 7.97. The maximum atomic E-state index is 12.2. The average molecular weight is 357 g/mol. The van der Waals surface area contributed by atoms with Crippen LogP contribution in [0.5, 0.6) is 0 Å². The van der Waals surface area contributed by atoms with E-state index in [-0.39, 0.29) is 28.7 Å². The third-order valence-corrected chi connectivity index (χ3v) is 3.29. The summed E-state index contributed by atoms with van der Waals surface area (Å²) in [5.41, 5.74) is -1.10. The number of nitrogens with zero attached hydrogens (tertiary/aromatic N) is 1. The largest absolute Gasteiger partial charge is 0.460 e. The standard InChI is InChI=1S/C17H25ClN2O4/c1-16(2,3)15(23)20-14-13(10(18)7-8-19-14)11(21)9-12(22)24-17(4,5)6/h7-8,11,21H,9H2,1-6H3,(H,19,20,23)/t11-/m0/s1. The summed E-state index contributed by atoms with van der Waals surface area (Å²) in [6, 6.07) is 1.49. The smallest absolute Gasteiger partial charge is 0.309 e. The van der Waals surface area contributed by atoms with Crippen molar-refractivity contribution >= 4 is 29.3 Å². The zero-order valence-corrected chi connectivity index (χ0v) is 15.7. The van der Waals surface area contributed by atoms with Crippen LogP contribution in [0.4, 0.5) is 5.82 Å². The van der Waals surface area contributed by atoms with Gasteiger partial charge >= 0.3 is 5.97 Å². The first-order chi connectivity index (χ1) is 10.8. The Hall–Kier alpha value is -1.66. The second-order valence-electron chi connectivity index (χ2n) is 7.57. The first-order valence-electron chi connectivity index (χ1n) is 7.67. The fourth-order valence-electron chi connectivity index (χ4n) is 1.80. The van der Waals surface area contributed by atoms with E-state index in [1.54, 1.807) is 41.5 Å². The van der Waals surface area contributed by atoms with Crippen molar-refractivity contribution in [3.63, 3.8) is 0 Å². The first-order valence-corrected chi connectivity index (χ1v) is 8.05. The van der Waals surface area contributed by atoms with E-state index in [1.807, 2.05) is 0 Å². The highest BCUT2D eigenvalue weighted by Crippen LogP contribution is 2.32. The van der Waals surface area contributed by atoms with Gasteiger partial charge in [-0.25, -0.2) is 4.98 Å². The fourth-order valence-corrected chi connectivity index (χ4v) is 2.08. The number of aromatic nitrogens is 1. The van der Waals surface area contributed by atoms with Crippen LogP contribution in [0, 0.1) is 5.41 Å². The predicted molar refractivity (Wildman–Crippen MR) is 92.8 cm³/mol. The van der Waals surface area contributed by atoms with Gasteiger partial charge in [0.1, 0.15) is 11.4 Å². The van der Waals surface area contributed by atoms with Gasteiger partial charge < -0.3 is 15.2 Å². The number of hydrogen-bond acceptors (Lipinski definition) is 5.